The quantitative estimate of drug-likeness (QED) is 0.690. The molecule has 28 heavy (non-hydrogen) atoms. The average molecular weight is 376 g/mol. The highest BCUT2D eigenvalue weighted by Gasteiger charge is 2.39. The Morgan fingerprint density at radius 2 is 1.96 bits per heavy atom. The van der Waals surface area contributed by atoms with Crippen LogP contribution in [0.2, 0.25) is 0 Å². The summed E-state index contributed by atoms with van der Waals surface area (Å²) in [6.07, 6.45) is 0.935. The van der Waals surface area contributed by atoms with Gasteiger partial charge in [-0.3, -0.25) is 9.59 Å². The second kappa shape index (κ2) is 7.46. The van der Waals surface area contributed by atoms with Gasteiger partial charge >= 0.3 is 0 Å². The number of fused-ring (bicyclic) bond motifs is 1. The van der Waals surface area contributed by atoms with Gasteiger partial charge in [0.2, 0.25) is 5.91 Å². The fourth-order valence-electron chi connectivity index (χ4n) is 3.54. The Bertz CT molecular complexity index is 1040. The number of hydrogen-bond acceptors (Lipinski definition) is 3. The molecule has 1 fully saturated rings. The fourth-order valence-corrected chi connectivity index (χ4v) is 3.54. The predicted octanol–water partition coefficient (Wildman–Crippen LogP) is 3.58. The zero-order valence-corrected chi connectivity index (χ0v) is 16.1. The molecule has 0 aliphatic heterocycles. The monoisotopic (exact) mass is 376 g/mol. The number of hydrogen-bond donors (Lipinski definition) is 2. The first-order valence-corrected chi connectivity index (χ1v) is 9.70. The van der Waals surface area contributed by atoms with E-state index in [1.807, 2.05) is 24.3 Å². The van der Waals surface area contributed by atoms with E-state index in [4.69, 9.17) is 0 Å². The van der Waals surface area contributed by atoms with Crippen LogP contribution in [-0.4, -0.2) is 21.4 Å². The van der Waals surface area contributed by atoms with E-state index in [-0.39, 0.29) is 17.7 Å². The van der Waals surface area contributed by atoms with Crippen molar-refractivity contribution in [1.29, 1.82) is 0 Å². The average Bonchev–Trinajstić information content (AvgIpc) is 3.33. The summed E-state index contributed by atoms with van der Waals surface area (Å²) in [5.41, 5.74) is 3.15. The van der Waals surface area contributed by atoms with Gasteiger partial charge in [0.1, 0.15) is 5.82 Å². The lowest BCUT2D eigenvalue weighted by Crippen LogP contribution is -2.25. The molecular formula is C22H24N4O2. The molecule has 2 amide bonds. The van der Waals surface area contributed by atoms with Crippen LogP contribution in [0.4, 0.5) is 5.69 Å². The Labute approximate surface area is 164 Å². The molecule has 1 aliphatic rings. The summed E-state index contributed by atoms with van der Waals surface area (Å²) < 4.78 is 2.10. The van der Waals surface area contributed by atoms with Crippen molar-refractivity contribution in [3.8, 4) is 0 Å². The molecule has 0 radical (unpaired) electrons. The minimum atomic E-state index is -0.189. The standard InChI is InChI=1S/C22H24N4O2/c1-3-26-19-10-5-4-9-18(19)25-20(26)13-23-21(27)15-7-6-8-16(12-15)24-22(28)17-11-14(17)2/h4-10,12,14,17H,3,11,13H2,1-2H3,(H,23,27)(H,24,28). The van der Waals surface area contributed by atoms with Gasteiger partial charge in [0.25, 0.3) is 5.91 Å². The van der Waals surface area contributed by atoms with E-state index in [1.165, 1.54) is 0 Å². The van der Waals surface area contributed by atoms with Crippen molar-refractivity contribution in [3.05, 3.63) is 59.9 Å². The molecule has 1 saturated carbocycles. The zero-order valence-electron chi connectivity index (χ0n) is 16.1. The Morgan fingerprint density at radius 3 is 2.71 bits per heavy atom. The van der Waals surface area contributed by atoms with Gasteiger partial charge in [-0.15, -0.1) is 0 Å². The van der Waals surface area contributed by atoms with Gasteiger partial charge < -0.3 is 15.2 Å². The van der Waals surface area contributed by atoms with Crippen LogP contribution in [0.3, 0.4) is 0 Å². The highest BCUT2D eigenvalue weighted by atomic mass is 16.2. The van der Waals surface area contributed by atoms with Crippen molar-refractivity contribution in [2.24, 2.45) is 11.8 Å². The lowest BCUT2D eigenvalue weighted by molar-refractivity contribution is -0.117. The van der Waals surface area contributed by atoms with Gasteiger partial charge in [0.05, 0.1) is 17.6 Å². The van der Waals surface area contributed by atoms with E-state index in [2.05, 4.69) is 34.0 Å². The van der Waals surface area contributed by atoms with E-state index in [1.54, 1.807) is 24.3 Å². The second-order valence-corrected chi connectivity index (χ2v) is 7.33. The van der Waals surface area contributed by atoms with Crippen molar-refractivity contribution in [2.45, 2.75) is 33.4 Å². The SMILES string of the molecule is CCn1c(CNC(=O)c2cccc(NC(=O)C3CC3C)c2)nc2ccccc21. The smallest absolute Gasteiger partial charge is 0.251 e. The van der Waals surface area contributed by atoms with Crippen molar-refractivity contribution in [1.82, 2.24) is 14.9 Å². The van der Waals surface area contributed by atoms with Gasteiger partial charge in [-0.2, -0.15) is 0 Å². The Kier molecular flexibility index (Phi) is 4.86. The third kappa shape index (κ3) is 3.63. The van der Waals surface area contributed by atoms with Gasteiger partial charge in [-0.25, -0.2) is 4.98 Å². The number of nitrogens with zero attached hydrogens (tertiary/aromatic N) is 2. The first kappa shape index (κ1) is 18.2. The molecule has 2 aromatic carbocycles. The third-order valence-corrected chi connectivity index (χ3v) is 5.30. The lowest BCUT2D eigenvalue weighted by atomic mass is 10.2. The molecule has 1 aliphatic carbocycles. The Morgan fingerprint density at radius 1 is 1.18 bits per heavy atom. The van der Waals surface area contributed by atoms with E-state index in [0.29, 0.717) is 23.7 Å². The first-order chi connectivity index (χ1) is 13.6. The molecule has 0 spiro atoms. The molecule has 0 bridgehead atoms. The lowest BCUT2D eigenvalue weighted by Gasteiger charge is -2.09. The minimum absolute atomic E-state index is 0.0294. The summed E-state index contributed by atoms with van der Waals surface area (Å²) in [6.45, 7) is 5.26. The number of imidazole rings is 1. The summed E-state index contributed by atoms with van der Waals surface area (Å²) >= 11 is 0. The van der Waals surface area contributed by atoms with Crippen molar-refractivity contribution in [2.75, 3.05) is 5.32 Å². The fraction of sp³-hybridized carbons (Fsp3) is 0.318. The largest absolute Gasteiger partial charge is 0.345 e. The normalized spacial score (nSPS) is 18.1. The number of rotatable bonds is 6. The number of carbonyl (C=O) groups is 2. The number of anilines is 1. The maximum absolute atomic E-state index is 12.6. The van der Waals surface area contributed by atoms with Gasteiger partial charge in [-0.1, -0.05) is 25.1 Å². The summed E-state index contributed by atoms with van der Waals surface area (Å²) in [5.74, 6) is 1.21. The molecule has 2 atom stereocenters. The number of aryl methyl sites for hydroxylation is 1. The maximum Gasteiger partial charge on any atom is 0.251 e. The minimum Gasteiger partial charge on any atom is -0.345 e. The number of aromatic nitrogens is 2. The van der Waals surface area contributed by atoms with Crippen LogP contribution < -0.4 is 10.6 Å². The molecular weight excluding hydrogens is 352 g/mol. The summed E-state index contributed by atoms with van der Waals surface area (Å²) in [7, 11) is 0. The van der Waals surface area contributed by atoms with Crippen molar-refractivity contribution in [3.63, 3.8) is 0 Å². The van der Waals surface area contributed by atoms with Crippen LogP contribution in [0.25, 0.3) is 11.0 Å². The van der Waals surface area contributed by atoms with Crippen LogP contribution >= 0.6 is 0 Å². The number of amides is 2. The summed E-state index contributed by atoms with van der Waals surface area (Å²) in [4.78, 5) is 29.3. The van der Waals surface area contributed by atoms with Gasteiger partial charge in [0.15, 0.2) is 0 Å². The van der Waals surface area contributed by atoms with Crippen LogP contribution in [0.15, 0.2) is 48.5 Å². The Balaban J connectivity index is 1.44. The predicted molar refractivity (Wildman–Crippen MR) is 109 cm³/mol. The van der Waals surface area contributed by atoms with E-state index in [9.17, 15) is 9.59 Å². The number of nitrogens with one attached hydrogen (secondary N) is 2. The molecule has 3 aromatic rings. The van der Waals surface area contributed by atoms with Crippen LogP contribution in [0.5, 0.6) is 0 Å². The number of benzene rings is 2. The summed E-state index contributed by atoms with van der Waals surface area (Å²) in [5, 5.41) is 5.84. The second-order valence-electron chi connectivity index (χ2n) is 7.33. The third-order valence-electron chi connectivity index (χ3n) is 5.30. The number of carbonyl (C=O) groups excluding carboxylic acids is 2. The van der Waals surface area contributed by atoms with Crippen LogP contribution in [0, 0.1) is 11.8 Å². The molecule has 2 unspecified atom stereocenters. The molecule has 4 rings (SSSR count). The molecule has 6 nitrogen and oxygen atoms in total. The van der Waals surface area contributed by atoms with E-state index >= 15 is 0 Å². The molecule has 144 valence electrons. The van der Waals surface area contributed by atoms with E-state index < -0.39 is 0 Å². The molecule has 2 N–H and O–H groups in total. The first-order valence-electron chi connectivity index (χ1n) is 9.70. The van der Waals surface area contributed by atoms with Gasteiger partial charge in [-0.05, 0) is 49.6 Å². The zero-order chi connectivity index (χ0) is 19.7. The Hall–Kier alpha value is -3.15. The summed E-state index contributed by atoms with van der Waals surface area (Å²) in [6, 6.07) is 15.0. The van der Waals surface area contributed by atoms with Crippen LogP contribution in [0.1, 0.15) is 36.5 Å². The van der Waals surface area contributed by atoms with Crippen molar-refractivity contribution < 1.29 is 9.59 Å². The molecule has 1 heterocycles. The molecule has 1 aromatic heterocycles. The van der Waals surface area contributed by atoms with E-state index in [0.717, 1.165) is 29.8 Å². The topological polar surface area (TPSA) is 76.0 Å². The van der Waals surface area contributed by atoms with Crippen molar-refractivity contribution >= 4 is 28.5 Å². The van der Waals surface area contributed by atoms with Crippen LogP contribution in [-0.2, 0) is 17.9 Å². The molecule has 0 saturated heterocycles. The van der Waals surface area contributed by atoms with Gasteiger partial charge in [0, 0.05) is 23.7 Å². The molecule has 6 heteroatoms. The number of para-hydroxylation sites is 2. The maximum atomic E-state index is 12.6. The highest BCUT2D eigenvalue weighted by Crippen LogP contribution is 2.38. The highest BCUT2D eigenvalue weighted by molar-refractivity contribution is 5.98.